The smallest absolute Gasteiger partial charge is 0.358 e. The fraction of sp³-hybridized carbons (Fsp3) is 0.333. The van der Waals surface area contributed by atoms with Crippen LogP contribution in [0.2, 0.25) is 0 Å². The van der Waals surface area contributed by atoms with E-state index in [4.69, 9.17) is 15.3 Å². The molecule has 1 unspecified atom stereocenters. The summed E-state index contributed by atoms with van der Waals surface area (Å²) in [4.78, 5) is 14.0. The fourth-order valence-corrected chi connectivity index (χ4v) is 0.928. The van der Waals surface area contributed by atoms with E-state index >= 15 is 0 Å². The third-order valence-electron chi connectivity index (χ3n) is 1.33. The van der Waals surface area contributed by atoms with Crippen LogP contribution >= 0.6 is 12.6 Å². The fourth-order valence-electron chi connectivity index (χ4n) is 0.762. The van der Waals surface area contributed by atoms with E-state index in [0.717, 1.165) is 6.39 Å². The molecule has 0 bridgehead atoms. The Balaban J connectivity index is 2.98. The molecule has 0 amide bonds. The molecule has 0 fully saturated rings. The lowest BCUT2D eigenvalue weighted by Gasteiger charge is -2.03. The van der Waals surface area contributed by atoms with Crippen LogP contribution in [0.25, 0.3) is 0 Å². The quantitative estimate of drug-likeness (QED) is 0.594. The summed E-state index contributed by atoms with van der Waals surface area (Å²) < 4.78 is 4.81. The number of aromatic nitrogens is 1. The van der Waals surface area contributed by atoms with Crippen molar-refractivity contribution in [3.8, 4) is 0 Å². The van der Waals surface area contributed by atoms with Crippen molar-refractivity contribution in [1.82, 2.24) is 4.98 Å². The van der Waals surface area contributed by atoms with E-state index in [2.05, 4.69) is 17.6 Å². The number of carboxylic acid groups (broad SMARTS) is 1. The maximum Gasteiger partial charge on any atom is 0.358 e. The number of rotatable bonds is 3. The van der Waals surface area contributed by atoms with Gasteiger partial charge in [-0.05, 0) is 0 Å². The number of aromatic carboxylic acids is 1. The molecule has 0 aliphatic carbocycles. The van der Waals surface area contributed by atoms with Crippen LogP contribution in [0.1, 0.15) is 22.3 Å². The van der Waals surface area contributed by atoms with Crippen LogP contribution in [-0.4, -0.2) is 21.8 Å². The first-order chi connectivity index (χ1) is 5.66. The van der Waals surface area contributed by atoms with Crippen LogP contribution in [0.3, 0.4) is 0 Å². The molecule has 1 rings (SSSR count). The summed E-state index contributed by atoms with van der Waals surface area (Å²) in [6.07, 6.45) is 1.06. The summed E-state index contributed by atoms with van der Waals surface area (Å²) in [6.45, 7) is 0. The molecule has 0 aromatic carbocycles. The first-order valence-corrected chi connectivity index (χ1v) is 3.83. The van der Waals surface area contributed by atoms with Crippen molar-refractivity contribution in [2.75, 3.05) is 5.75 Å². The van der Waals surface area contributed by atoms with Crippen molar-refractivity contribution < 1.29 is 14.3 Å². The first kappa shape index (κ1) is 9.08. The number of hydrogen-bond acceptors (Lipinski definition) is 5. The number of hydrogen-bond donors (Lipinski definition) is 3. The highest BCUT2D eigenvalue weighted by atomic mass is 32.1. The summed E-state index contributed by atoms with van der Waals surface area (Å²) in [5, 5.41) is 8.60. The van der Waals surface area contributed by atoms with E-state index in [1.165, 1.54) is 0 Å². The topological polar surface area (TPSA) is 89.4 Å². The number of nitrogens with zero attached hydrogens (tertiary/aromatic N) is 1. The largest absolute Gasteiger partial charge is 0.476 e. The Bertz CT molecular complexity index is 286. The Morgan fingerprint density at radius 3 is 3.08 bits per heavy atom. The molecular weight excluding hydrogens is 180 g/mol. The molecule has 0 spiro atoms. The highest BCUT2D eigenvalue weighted by Gasteiger charge is 2.19. The lowest BCUT2D eigenvalue weighted by Crippen LogP contribution is -2.15. The average molecular weight is 188 g/mol. The Morgan fingerprint density at radius 1 is 1.92 bits per heavy atom. The molecule has 0 saturated heterocycles. The summed E-state index contributed by atoms with van der Waals surface area (Å²) in [7, 11) is 0. The van der Waals surface area contributed by atoms with Crippen molar-refractivity contribution in [3.63, 3.8) is 0 Å². The molecular formula is C6H8N2O3S. The van der Waals surface area contributed by atoms with Gasteiger partial charge in [-0.3, -0.25) is 0 Å². The Morgan fingerprint density at radius 2 is 2.58 bits per heavy atom. The number of nitrogens with two attached hydrogens (primary N) is 1. The van der Waals surface area contributed by atoms with Gasteiger partial charge in [0.2, 0.25) is 0 Å². The lowest BCUT2D eigenvalue weighted by molar-refractivity contribution is 0.0688. The lowest BCUT2D eigenvalue weighted by atomic mass is 10.2. The molecule has 0 aliphatic rings. The maximum absolute atomic E-state index is 10.5. The van der Waals surface area contributed by atoms with Gasteiger partial charge in [0.1, 0.15) is 0 Å². The number of thiol groups is 1. The zero-order valence-electron chi connectivity index (χ0n) is 6.10. The van der Waals surface area contributed by atoms with E-state index in [9.17, 15) is 4.79 Å². The van der Waals surface area contributed by atoms with Gasteiger partial charge >= 0.3 is 5.97 Å². The SMILES string of the molecule is NC(CS)c1ocnc1C(=O)O. The van der Waals surface area contributed by atoms with E-state index in [-0.39, 0.29) is 11.5 Å². The minimum absolute atomic E-state index is 0.142. The zero-order valence-corrected chi connectivity index (χ0v) is 6.99. The minimum atomic E-state index is -1.14. The molecule has 1 atom stereocenters. The van der Waals surface area contributed by atoms with Gasteiger partial charge in [0.15, 0.2) is 17.8 Å². The normalized spacial score (nSPS) is 12.8. The van der Waals surface area contributed by atoms with Gasteiger partial charge in [0.25, 0.3) is 0 Å². The molecule has 0 radical (unpaired) electrons. The monoisotopic (exact) mass is 188 g/mol. The number of oxazole rings is 1. The van der Waals surface area contributed by atoms with Crippen LogP contribution in [0.4, 0.5) is 0 Å². The standard InChI is InChI=1S/C6H8N2O3S/c7-3(1-12)5-4(6(9)10)8-2-11-5/h2-3,12H,1,7H2,(H,9,10). The number of carboxylic acids is 1. The van der Waals surface area contributed by atoms with E-state index < -0.39 is 12.0 Å². The third-order valence-corrected chi connectivity index (χ3v) is 1.72. The first-order valence-electron chi connectivity index (χ1n) is 3.20. The molecule has 66 valence electrons. The minimum Gasteiger partial charge on any atom is -0.476 e. The van der Waals surface area contributed by atoms with Crippen LogP contribution in [-0.2, 0) is 0 Å². The van der Waals surface area contributed by atoms with Crippen LogP contribution < -0.4 is 5.73 Å². The second kappa shape index (κ2) is 3.59. The zero-order chi connectivity index (χ0) is 9.14. The average Bonchev–Trinajstić information content (AvgIpc) is 2.50. The van der Waals surface area contributed by atoms with Crippen LogP contribution in [0, 0.1) is 0 Å². The van der Waals surface area contributed by atoms with Crippen molar-refractivity contribution in [3.05, 3.63) is 17.8 Å². The van der Waals surface area contributed by atoms with Crippen molar-refractivity contribution >= 4 is 18.6 Å². The highest BCUT2D eigenvalue weighted by Crippen LogP contribution is 2.15. The maximum atomic E-state index is 10.5. The molecule has 3 N–H and O–H groups in total. The van der Waals surface area contributed by atoms with Crippen LogP contribution in [0.15, 0.2) is 10.8 Å². The molecule has 1 aromatic heterocycles. The van der Waals surface area contributed by atoms with Gasteiger partial charge in [-0.25, -0.2) is 9.78 Å². The highest BCUT2D eigenvalue weighted by molar-refractivity contribution is 7.80. The van der Waals surface area contributed by atoms with Gasteiger partial charge in [0, 0.05) is 5.75 Å². The van der Waals surface area contributed by atoms with Gasteiger partial charge < -0.3 is 15.3 Å². The van der Waals surface area contributed by atoms with Gasteiger partial charge in [-0.15, -0.1) is 0 Å². The van der Waals surface area contributed by atoms with Gasteiger partial charge in [-0.2, -0.15) is 12.6 Å². The molecule has 1 aromatic rings. The molecule has 0 saturated carbocycles. The second-order valence-electron chi connectivity index (χ2n) is 2.16. The summed E-state index contributed by atoms with van der Waals surface area (Å²) >= 11 is 3.91. The molecule has 1 heterocycles. The van der Waals surface area contributed by atoms with E-state index in [1.54, 1.807) is 0 Å². The third kappa shape index (κ3) is 1.59. The van der Waals surface area contributed by atoms with Crippen molar-refractivity contribution in [1.29, 1.82) is 0 Å². The van der Waals surface area contributed by atoms with Crippen LogP contribution in [0.5, 0.6) is 0 Å². The molecule has 5 nitrogen and oxygen atoms in total. The molecule has 6 heteroatoms. The van der Waals surface area contributed by atoms with Crippen molar-refractivity contribution in [2.45, 2.75) is 6.04 Å². The molecule has 12 heavy (non-hydrogen) atoms. The Kier molecular flexibility index (Phi) is 2.72. The Hall–Kier alpha value is -1.01. The molecule has 0 aliphatic heterocycles. The summed E-state index contributed by atoms with van der Waals surface area (Å²) in [5.41, 5.74) is 5.36. The summed E-state index contributed by atoms with van der Waals surface area (Å²) in [5.74, 6) is -0.663. The van der Waals surface area contributed by atoms with E-state index in [0.29, 0.717) is 5.75 Å². The number of carbonyl (C=O) groups is 1. The predicted molar refractivity (Wildman–Crippen MR) is 44.2 cm³/mol. The predicted octanol–water partition coefficient (Wildman–Crippen LogP) is 0.302. The van der Waals surface area contributed by atoms with E-state index in [1.807, 2.05) is 0 Å². The summed E-state index contributed by atoms with van der Waals surface area (Å²) in [6, 6.07) is -0.526. The van der Waals surface area contributed by atoms with Crippen molar-refractivity contribution in [2.24, 2.45) is 5.73 Å². The van der Waals surface area contributed by atoms with Gasteiger partial charge in [0.05, 0.1) is 6.04 Å². The Labute approximate surface area is 74.0 Å². The second-order valence-corrected chi connectivity index (χ2v) is 2.52. The van der Waals surface area contributed by atoms with Gasteiger partial charge in [-0.1, -0.05) is 0 Å².